The lowest BCUT2D eigenvalue weighted by atomic mass is 10.1. The van der Waals surface area contributed by atoms with E-state index in [4.69, 9.17) is 0 Å². The Morgan fingerprint density at radius 3 is 2.15 bits per heavy atom. The Morgan fingerprint density at radius 2 is 1.65 bits per heavy atom. The van der Waals surface area contributed by atoms with Gasteiger partial charge in [0.15, 0.2) is 5.78 Å². The first kappa shape index (κ1) is 15.2. The third-order valence-corrected chi connectivity index (χ3v) is 4.84. The molecule has 0 spiro atoms. The molecule has 0 saturated carbocycles. The lowest BCUT2D eigenvalue weighted by molar-refractivity contribution is 0.0902. The van der Waals surface area contributed by atoms with E-state index in [9.17, 15) is 13.2 Å². The number of rotatable bonds is 4. The quantitative estimate of drug-likeness (QED) is 0.770. The highest BCUT2D eigenvalue weighted by Crippen LogP contribution is 2.09. The second-order valence-corrected chi connectivity index (χ2v) is 7.21. The van der Waals surface area contributed by atoms with Crippen molar-refractivity contribution >= 4 is 15.8 Å². The molecular weight excluding hydrogens is 276 g/mol. The molecule has 1 aliphatic heterocycles. The number of carbonyl (C=O) groups is 1. The van der Waals surface area contributed by atoms with Gasteiger partial charge in [0, 0.05) is 31.7 Å². The average molecular weight is 296 g/mol. The molecule has 0 atom stereocenters. The number of aryl methyl sites for hydroxylation is 1. The topological polar surface area (TPSA) is 57.7 Å². The summed E-state index contributed by atoms with van der Waals surface area (Å²) in [5, 5.41) is 0. The predicted molar refractivity (Wildman–Crippen MR) is 78.4 cm³/mol. The maximum atomic E-state index is 12.1. The molecule has 1 fully saturated rings. The van der Waals surface area contributed by atoms with Gasteiger partial charge in [-0.15, -0.1) is 0 Å². The van der Waals surface area contributed by atoms with E-state index in [-0.39, 0.29) is 5.78 Å². The standard InChI is InChI=1S/C14H20N2O3S/c1-12-3-5-13(6-4-12)14(17)11-15-7-9-16(10-8-15)20(2,18)19/h3-6H,7-11H2,1-2H3. The molecule has 20 heavy (non-hydrogen) atoms. The summed E-state index contributed by atoms with van der Waals surface area (Å²) in [6.45, 7) is 4.45. The summed E-state index contributed by atoms with van der Waals surface area (Å²) in [6.07, 6.45) is 1.22. The van der Waals surface area contributed by atoms with Crippen LogP contribution in [-0.4, -0.2) is 62.4 Å². The van der Waals surface area contributed by atoms with Gasteiger partial charge < -0.3 is 0 Å². The van der Waals surface area contributed by atoms with Crippen molar-refractivity contribution in [1.29, 1.82) is 0 Å². The van der Waals surface area contributed by atoms with E-state index in [0.29, 0.717) is 38.3 Å². The Kier molecular flexibility index (Phi) is 4.57. The molecule has 0 aromatic heterocycles. The zero-order valence-electron chi connectivity index (χ0n) is 11.9. The van der Waals surface area contributed by atoms with Crippen molar-refractivity contribution in [1.82, 2.24) is 9.21 Å². The van der Waals surface area contributed by atoms with Crippen molar-refractivity contribution in [2.45, 2.75) is 6.92 Å². The van der Waals surface area contributed by atoms with Crippen LogP contribution in [0.25, 0.3) is 0 Å². The summed E-state index contributed by atoms with van der Waals surface area (Å²) in [6, 6.07) is 7.53. The minimum absolute atomic E-state index is 0.0813. The lowest BCUT2D eigenvalue weighted by Crippen LogP contribution is -2.49. The highest BCUT2D eigenvalue weighted by molar-refractivity contribution is 7.88. The van der Waals surface area contributed by atoms with Crippen molar-refractivity contribution in [2.24, 2.45) is 0 Å². The monoisotopic (exact) mass is 296 g/mol. The Morgan fingerprint density at radius 1 is 1.10 bits per heavy atom. The van der Waals surface area contributed by atoms with Gasteiger partial charge in [0.05, 0.1) is 12.8 Å². The second-order valence-electron chi connectivity index (χ2n) is 5.23. The molecule has 6 heteroatoms. The van der Waals surface area contributed by atoms with Gasteiger partial charge in [-0.25, -0.2) is 8.42 Å². The highest BCUT2D eigenvalue weighted by atomic mass is 32.2. The SMILES string of the molecule is Cc1ccc(C(=O)CN2CCN(S(C)(=O)=O)CC2)cc1. The normalized spacial score (nSPS) is 18.1. The van der Waals surface area contributed by atoms with Gasteiger partial charge in [-0.1, -0.05) is 29.8 Å². The van der Waals surface area contributed by atoms with E-state index >= 15 is 0 Å². The number of Topliss-reactive ketones (excluding diaryl/α,β-unsaturated/α-hetero) is 1. The number of hydrogen-bond acceptors (Lipinski definition) is 4. The van der Waals surface area contributed by atoms with Crippen molar-refractivity contribution in [3.8, 4) is 0 Å². The van der Waals surface area contributed by atoms with Gasteiger partial charge in [0.2, 0.25) is 10.0 Å². The van der Waals surface area contributed by atoms with Crippen LogP contribution in [0.2, 0.25) is 0 Å². The number of benzene rings is 1. The van der Waals surface area contributed by atoms with Crippen LogP contribution in [0.1, 0.15) is 15.9 Å². The Bertz CT molecular complexity index is 573. The summed E-state index contributed by atoms with van der Waals surface area (Å²) in [5.74, 6) is 0.0813. The van der Waals surface area contributed by atoms with Crippen molar-refractivity contribution in [3.05, 3.63) is 35.4 Å². The minimum atomic E-state index is -3.11. The van der Waals surface area contributed by atoms with Gasteiger partial charge >= 0.3 is 0 Å². The van der Waals surface area contributed by atoms with Crippen molar-refractivity contribution < 1.29 is 13.2 Å². The number of carbonyl (C=O) groups excluding carboxylic acids is 1. The molecule has 0 N–H and O–H groups in total. The Hall–Kier alpha value is -1.24. The Labute approximate surface area is 120 Å². The summed E-state index contributed by atoms with van der Waals surface area (Å²) >= 11 is 0. The first-order valence-electron chi connectivity index (χ1n) is 6.63. The van der Waals surface area contributed by atoms with Crippen molar-refractivity contribution in [3.63, 3.8) is 0 Å². The maximum absolute atomic E-state index is 12.1. The molecule has 0 unspecified atom stereocenters. The molecule has 1 saturated heterocycles. The number of nitrogens with zero attached hydrogens (tertiary/aromatic N) is 2. The molecule has 0 bridgehead atoms. The molecule has 0 aliphatic carbocycles. The first-order valence-corrected chi connectivity index (χ1v) is 8.48. The molecule has 0 radical (unpaired) electrons. The van der Waals surface area contributed by atoms with Crippen LogP contribution in [0.3, 0.4) is 0 Å². The van der Waals surface area contributed by atoms with Gasteiger partial charge in [0.1, 0.15) is 0 Å². The molecule has 110 valence electrons. The number of ketones is 1. The number of piperazine rings is 1. The molecular formula is C14H20N2O3S. The molecule has 5 nitrogen and oxygen atoms in total. The molecule has 0 amide bonds. The van der Waals surface area contributed by atoms with E-state index < -0.39 is 10.0 Å². The van der Waals surface area contributed by atoms with Gasteiger partial charge in [-0.3, -0.25) is 9.69 Å². The zero-order chi connectivity index (χ0) is 14.8. The van der Waals surface area contributed by atoms with E-state index in [1.807, 2.05) is 36.1 Å². The molecule has 1 aromatic carbocycles. The van der Waals surface area contributed by atoms with Crippen LogP contribution < -0.4 is 0 Å². The fourth-order valence-electron chi connectivity index (χ4n) is 2.25. The van der Waals surface area contributed by atoms with Crippen LogP contribution >= 0.6 is 0 Å². The van der Waals surface area contributed by atoms with Gasteiger partial charge in [-0.05, 0) is 6.92 Å². The third-order valence-electron chi connectivity index (χ3n) is 3.54. The Balaban J connectivity index is 1.89. The molecule has 1 heterocycles. The largest absolute Gasteiger partial charge is 0.293 e. The molecule has 1 aliphatic rings. The predicted octanol–water partition coefficient (Wildman–Crippen LogP) is 0.755. The zero-order valence-corrected chi connectivity index (χ0v) is 12.7. The summed E-state index contributed by atoms with van der Waals surface area (Å²) in [7, 11) is -3.11. The minimum Gasteiger partial charge on any atom is -0.293 e. The smallest absolute Gasteiger partial charge is 0.211 e. The summed E-state index contributed by atoms with van der Waals surface area (Å²) in [4.78, 5) is 14.1. The summed E-state index contributed by atoms with van der Waals surface area (Å²) in [5.41, 5.74) is 1.84. The van der Waals surface area contributed by atoms with E-state index in [2.05, 4.69) is 0 Å². The van der Waals surface area contributed by atoms with Crippen molar-refractivity contribution in [2.75, 3.05) is 39.0 Å². The van der Waals surface area contributed by atoms with Crippen LogP contribution in [0.4, 0.5) is 0 Å². The van der Waals surface area contributed by atoms with Crippen LogP contribution in [0, 0.1) is 6.92 Å². The maximum Gasteiger partial charge on any atom is 0.211 e. The fraction of sp³-hybridized carbons (Fsp3) is 0.500. The lowest BCUT2D eigenvalue weighted by Gasteiger charge is -2.32. The van der Waals surface area contributed by atoms with E-state index in [1.54, 1.807) is 0 Å². The summed E-state index contributed by atoms with van der Waals surface area (Å²) < 4.78 is 24.3. The van der Waals surface area contributed by atoms with Gasteiger partial charge in [-0.2, -0.15) is 4.31 Å². The van der Waals surface area contributed by atoms with Crippen LogP contribution in [-0.2, 0) is 10.0 Å². The number of hydrogen-bond donors (Lipinski definition) is 0. The fourth-order valence-corrected chi connectivity index (χ4v) is 3.08. The van der Waals surface area contributed by atoms with Gasteiger partial charge in [0.25, 0.3) is 0 Å². The highest BCUT2D eigenvalue weighted by Gasteiger charge is 2.24. The molecule has 1 aromatic rings. The average Bonchev–Trinajstić information content (AvgIpc) is 2.39. The first-order chi connectivity index (χ1) is 9.36. The van der Waals surface area contributed by atoms with Crippen LogP contribution in [0.5, 0.6) is 0 Å². The van der Waals surface area contributed by atoms with E-state index in [0.717, 1.165) is 5.56 Å². The second kappa shape index (κ2) is 6.03. The third kappa shape index (κ3) is 3.88. The number of sulfonamides is 1. The van der Waals surface area contributed by atoms with E-state index in [1.165, 1.54) is 10.6 Å². The van der Waals surface area contributed by atoms with Crippen LogP contribution in [0.15, 0.2) is 24.3 Å². The molecule has 2 rings (SSSR count).